The lowest BCUT2D eigenvalue weighted by molar-refractivity contribution is -0.138. The molecule has 0 aliphatic carbocycles. The number of benzene rings is 1. The van der Waals surface area contributed by atoms with Gasteiger partial charge in [-0.1, -0.05) is 17.7 Å². The maximum atomic E-state index is 10.6. The number of aliphatic carboxylic acids is 1. The van der Waals surface area contributed by atoms with E-state index in [0.717, 1.165) is 0 Å². The molecule has 1 aromatic carbocycles. The summed E-state index contributed by atoms with van der Waals surface area (Å²) >= 11 is 5.84. The van der Waals surface area contributed by atoms with Crippen LogP contribution in [0.3, 0.4) is 0 Å². The van der Waals surface area contributed by atoms with Crippen LogP contribution in [0.25, 0.3) is 0 Å². The fraction of sp³-hybridized carbons (Fsp3) is 0.214. The lowest BCUT2D eigenvalue weighted by Gasteiger charge is -2.05. The second-order valence-corrected chi connectivity index (χ2v) is 4.70. The van der Waals surface area contributed by atoms with Crippen molar-refractivity contribution in [2.45, 2.75) is 19.1 Å². The summed E-state index contributed by atoms with van der Waals surface area (Å²) in [6.07, 6.45) is 0.145. The van der Waals surface area contributed by atoms with Gasteiger partial charge in [-0.3, -0.25) is 4.79 Å². The molecule has 0 radical (unpaired) electrons. The van der Waals surface area contributed by atoms with Gasteiger partial charge in [0.2, 0.25) is 0 Å². The van der Waals surface area contributed by atoms with E-state index < -0.39 is 12.0 Å². The maximum absolute atomic E-state index is 10.6. The van der Waals surface area contributed by atoms with E-state index >= 15 is 0 Å². The quantitative estimate of drug-likeness (QED) is 0.855. The third-order valence-corrected chi connectivity index (χ3v) is 2.87. The number of hydrogen-bond donors (Lipinski definition) is 2. The summed E-state index contributed by atoms with van der Waals surface area (Å²) in [7, 11) is 0. The van der Waals surface area contributed by atoms with E-state index in [4.69, 9.17) is 31.6 Å². The van der Waals surface area contributed by atoms with E-state index in [2.05, 4.69) is 0 Å². The second-order valence-electron chi connectivity index (χ2n) is 4.26. The van der Waals surface area contributed by atoms with Gasteiger partial charge in [-0.25, -0.2) is 0 Å². The minimum Gasteiger partial charge on any atom is -0.486 e. The van der Waals surface area contributed by atoms with Gasteiger partial charge in [0.25, 0.3) is 0 Å². The Morgan fingerprint density at radius 3 is 2.80 bits per heavy atom. The first kappa shape index (κ1) is 14.4. The van der Waals surface area contributed by atoms with E-state index in [-0.39, 0.29) is 13.0 Å². The lowest BCUT2D eigenvalue weighted by atomic mass is 10.2. The van der Waals surface area contributed by atoms with Gasteiger partial charge in [-0.05, 0) is 30.3 Å². The van der Waals surface area contributed by atoms with Crippen LogP contribution in [-0.4, -0.2) is 17.1 Å². The lowest BCUT2D eigenvalue weighted by Crippen LogP contribution is -2.32. The molecular formula is C14H14ClNO4. The number of hydrogen-bond acceptors (Lipinski definition) is 4. The zero-order valence-electron chi connectivity index (χ0n) is 10.6. The van der Waals surface area contributed by atoms with Gasteiger partial charge in [0.15, 0.2) is 0 Å². The molecule has 1 aromatic heterocycles. The number of furan rings is 1. The Kier molecular flexibility index (Phi) is 4.65. The summed E-state index contributed by atoms with van der Waals surface area (Å²) in [5.74, 6) is 0.693. The highest BCUT2D eigenvalue weighted by molar-refractivity contribution is 6.30. The van der Waals surface area contributed by atoms with Crippen LogP contribution >= 0.6 is 11.6 Å². The number of rotatable bonds is 6. The van der Waals surface area contributed by atoms with Crippen LogP contribution in [0.15, 0.2) is 40.8 Å². The standard InChI is InChI=1S/C14H14ClNO4/c15-9-2-1-3-10(6-9)19-8-12-5-4-11(20-12)7-13(16)14(17)18/h1-6,13H,7-8,16H2,(H,17,18). The van der Waals surface area contributed by atoms with Crippen LogP contribution < -0.4 is 10.5 Å². The zero-order chi connectivity index (χ0) is 14.5. The molecule has 1 atom stereocenters. The fourth-order valence-corrected chi connectivity index (χ4v) is 1.81. The van der Waals surface area contributed by atoms with Crippen molar-refractivity contribution in [2.75, 3.05) is 0 Å². The van der Waals surface area contributed by atoms with Gasteiger partial charge in [0, 0.05) is 11.4 Å². The van der Waals surface area contributed by atoms with Gasteiger partial charge in [-0.2, -0.15) is 0 Å². The van der Waals surface area contributed by atoms with Crippen molar-refractivity contribution in [1.29, 1.82) is 0 Å². The van der Waals surface area contributed by atoms with Crippen molar-refractivity contribution in [3.63, 3.8) is 0 Å². The predicted octanol–water partition coefficient (Wildman–Crippen LogP) is 2.47. The average molecular weight is 296 g/mol. The molecule has 0 spiro atoms. The van der Waals surface area contributed by atoms with Crippen LogP contribution in [0.5, 0.6) is 5.75 Å². The molecule has 2 aromatic rings. The predicted molar refractivity (Wildman–Crippen MR) is 73.8 cm³/mol. The Morgan fingerprint density at radius 2 is 2.10 bits per heavy atom. The number of carboxylic acids is 1. The fourth-order valence-electron chi connectivity index (χ4n) is 1.62. The Hall–Kier alpha value is -1.98. The number of carbonyl (C=O) groups is 1. The second kappa shape index (κ2) is 6.45. The molecule has 0 aliphatic heterocycles. The van der Waals surface area contributed by atoms with Crippen LogP contribution in [0.2, 0.25) is 5.02 Å². The molecule has 1 unspecified atom stereocenters. The molecule has 0 aliphatic rings. The van der Waals surface area contributed by atoms with Gasteiger partial charge in [0.05, 0.1) is 0 Å². The highest BCUT2D eigenvalue weighted by atomic mass is 35.5. The van der Waals surface area contributed by atoms with Gasteiger partial charge >= 0.3 is 5.97 Å². The number of halogens is 1. The minimum absolute atomic E-state index is 0.145. The van der Waals surface area contributed by atoms with Crippen LogP contribution in [-0.2, 0) is 17.8 Å². The van der Waals surface area contributed by atoms with Gasteiger partial charge in [-0.15, -0.1) is 0 Å². The maximum Gasteiger partial charge on any atom is 0.320 e. The highest BCUT2D eigenvalue weighted by Crippen LogP contribution is 2.19. The molecule has 106 valence electrons. The van der Waals surface area contributed by atoms with E-state index in [1.165, 1.54) is 0 Å². The van der Waals surface area contributed by atoms with Gasteiger partial charge < -0.3 is 20.0 Å². The molecule has 20 heavy (non-hydrogen) atoms. The smallest absolute Gasteiger partial charge is 0.320 e. The minimum atomic E-state index is -1.06. The third-order valence-electron chi connectivity index (χ3n) is 2.63. The first-order valence-corrected chi connectivity index (χ1v) is 6.37. The van der Waals surface area contributed by atoms with Crippen molar-refractivity contribution < 1.29 is 19.1 Å². The van der Waals surface area contributed by atoms with Crippen molar-refractivity contribution in [2.24, 2.45) is 5.73 Å². The Balaban J connectivity index is 1.91. The molecule has 0 bridgehead atoms. The van der Waals surface area contributed by atoms with Crippen molar-refractivity contribution in [3.8, 4) is 5.75 Å². The Bertz CT molecular complexity index is 596. The van der Waals surface area contributed by atoms with Crippen molar-refractivity contribution in [1.82, 2.24) is 0 Å². The van der Waals surface area contributed by atoms with Crippen molar-refractivity contribution >= 4 is 17.6 Å². The summed E-state index contributed by atoms with van der Waals surface area (Å²) in [6.45, 7) is 0.239. The normalized spacial score (nSPS) is 12.1. The van der Waals surface area contributed by atoms with Crippen LogP contribution in [0.4, 0.5) is 0 Å². The molecule has 0 fully saturated rings. The molecule has 3 N–H and O–H groups in total. The summed E-state index contributed by atoms with van der Waals surface area (Å²) in [5, 5.41) is 9.32. The monoisotopic (exact) mass is 295 g/mol. The summed E-state index contributed by atoms with van der Waals surface area (Å²) in [6, 6.07) is 9.49. The van der Waals surface area contributed by atoms with E-state index in [9.17, 15) is 4.79 Å². The Labute approximate surface area is 120 Å². The molecule has 6 heteroatoms. The molecule has 5 nitrogen and oxygen atoms in total. The zero-order valence-corrected chi connectivity index (χ0v) is 11.3. The molecule has 0 amide bonds. The first-order valence-electron chi connectivity index (χ1n) is 5.99. The number of carboxylic acid groups (broad SMARTS) is 1. The molecule has 1 heterocycles. The van der Waals surface area contributed by atoms with Crippen LogP contribution in [0, 0.1) is 0 Å². The summed E-state index contributed by atoms with van der Waals surface area (Å²) in [5.41, 5.74) is 5.43. The van der Waals surface area contributed by atoms with Crippen molar-refractivity contribution in [3.05, 3.63) is 52.9 Å². The third kappa shape index (κ3) is 4.01. The topological polar surface area (TPSA) is 85.7 Å². The first-order chi connectivity index (χ1) is 9.54. The Morgan fingerprint density at radius 1 is 1.35 bits per heavy atom. The molecular weight excluding hydrogens is 282 g/mol. The molecule has 0 saturated carbocycles. The van der Waals surface area contributed by atoms with E-state index in [0.29, 0.717) is 22.3 Å². The van der Waals surface area contributed by atoms with Crippen LogP contribution in [0.1, 0.15) is 11.5 Å². The summed E-state index contributed by atoms with van der Waals surface area (Å²) < 4.78 is 11.0. The SMILES string of the molecule is NC(Cc1ccc(COc2cccc(Cl)c2)o1)C(=O)O. The molecule has 0 saturated heterocycles. The number of ether oxygens (including phenoxy) is 1. The average Bonchev–Trinajstić information content (AvgIpc) is 2.84. The summed E-state index contributed by atoms with van der Waals surface area (Å²) in [4.78, 5) is 10.6. The number of nitrogens with two attached hydrogens (primary N) is 1. The van der Waals surface area contributed by atoms with Gasteiger partial charge in [0.1, 0.15) is 29.9 Å². The van der Waals surface area contributed by atoms with E-state index in [1.807, 2.05) is 0 Å². The van der Waals surface area contributed by atoms with E-state index in [1.54, 1.807) is 36.4 Å². The largest absolute Gasteiger partial charge is 0.486 e. The highest BCUT2D eigenvalue weighted by Gasteiger charge is 2.14. The molecule has 2 rings (SSSR count).